The summed E-state index contributed by atoms with van der Waals surface area (Å²) in [6.07, 6.45) is 4.37. The average Bonchev–Trinajstić information content (AvgIpc) is 2.78. The Kier molecular flexibility index (Phi) is 8.31. The number of nitrogens with one attached hydrogen (secondary N) is 2. The molecule has 1 saturated heterocycles. The normalized spacial score (nSPS) is 18.9. The highest BCUT2D eigenvalue weighted by Gasteiger charge is 2.43. The topological polar surface area (TPSA) is 112 Å². The molecule has 2 heterocycles. The molecule has 2 aromatic rings. The molecule has 188 valence electrons. The number of carbonyl (C=O) groups is 1. The summed E-state index contributed by atoms with van der Waals surface area (Å²) >= 11 is 0. The van der Waals surface area contributed by atoms with Crippen LogP contribution in [0.3, 0.4) is 0 Å². The lowest BCUT2D eigenvalue weighted by Crippen LogP contribution is -2.52. The van der Waals surface area contributed by atoms with Gasteiger partial charge in [0.05, 0.1) is 23.9 Å². The predicted octanol–water partition coefficient (Wildman–Crippen LogP) is 3.39. The van der Waals surface area contributed by atoms with Gasteiger partial charge in [-0.15, -0.1) is 12.4 Å². The van der Waals surface area contributed by atoms with Crippen molar-refractivity contribution in [3.63, 3.8) is 0 Å². The van der Waals surface area contributed by atoms with Gasteiger partial charge < -0.3 is 15.0 Å². The summed E-state index contributed by atoms with van der Waals surface area (Å²) in [7, 11) is -3.40. The largest absolute Gasteiger partial charge is 0.487 e. The molecule has 2 N–H and O–H groups in total. The zero-order valence-corrected chi connectivity index (χ0v) is 21.5. The number of amides is 1. The molecule has 0 bridgehead atoms. The van der Waals surface area contributed by atoms with E-state index in [1.807, 2.05) is 24.3 Å². The second kappa shape index (κ2) is 10.9. The van der Waals surface area contributed by atoms with E-state index in [1.165, 1.54) is 12.5 Å². The first kappa shape index (κ1) is 26.8. The maximum absolute atomic E-state index is 11.9. The van der Waals surface area contributed by atoms with Crippen LogP contribution in [-0.4, -0.2) is 50.7 Å². The molecule has 2 aliphatic rings. The van der Waals surface area contributed by atoms with Gasteiger partial charge in [-0.2, -0.15) is 5.26 Å². The molecular weight excluding hydrogens is 488 g/mol. The van der Waals surface area contributed by atoms with Gasteiger partial charge in [0, 0.05) is 44.2 Å². The second-order valence-corrected chi connectivity index (χ2v) is 11.0. The van der Waals surface area contributed by atoms with Gasteiger partial charge in [0.1, 0.15) is 11.4 Å². The monoisotopic (exact) mass is 518 g/mol. The number of sulfonamides is 1. The Bertz CT molecular complexity index is 1200. The fraction of sp³-hybridized carbons (Fsp3) is 0.440. The van der Waals surface area contributed by atoms with Crippen molar-refractivity contribution in [1.82, 2.24) is 10.2 Å². The van der Waals surface area contributed by atoms with Crippen LogP contribution in [0, 0.1) is 11.3 Å². The zero-order valence-electron chi connectivity index (χ0n) is 19.9. The number of hydrogen-bond donors (Lipinski definition) is 2. The lowest BCUT2D eigenvalue weighted by Gasteiger charge is -2.47. The van der Waals surface area contributed by atoms with Crippen molar-refractivity contribution in [2.45, 2.75) is 44.2 Å². The van der Waals surface area contributed by atoms with Crippen molar-refractivity contribution in [3.05, 3.63) is 59.2 Å². The van der Waals surface area contributed by atoms with Crippen LogP contribution in [0.2, 0.25) is 0 Å². The van der Waals surface area contributed by atoms with Gasteiger partial charge in [0.25, 0.3) is 0 Å². The lowest BCUT2D eigenvalue weighted by atomic mass is 9.80. The van der Waals surface area contributed by atoms with E-state index in [0.29, 0.717) is 23.4 Å². The van der Waals surface area contributed by atoms with Gasteiger partial charge in [-0.05, 0) is 55.2 Å². The van der Waals surface area contributed by atoms with E-state index in [-0.39, 0.29) is 30.0 Å². The number of nitrogens with zero attached hydrogens (tertiary/aromatic N) is 2. The highest BCUT2D eigenvalue weighted by molar-refractivity contribution is 7.92. The van der Waals surface area contributed by atoms with Crippen LogP contribution in [0.1, 0.15) is 48.9 Å². The number of rotatable bonds is 6. The Morgan fingerprint density at radius 3 is 2.49 bits per heavy atom. The Morgan fingerprint density at radius 1 is 1.20 bits per heavy atom. The quantitative estimate of drug-likeness (QED) is 0.606. The number of nitriles is 1. The van der Waals surface area contributed by atoms with E-state index in [1.54, 1.807) is 18.2 Å². The zero-order chi connectivity index (χ0) is 24.3. The fourth-order valence-corrected chi connectivity index (χ4v) is 5.40. The van der Waals surface area contributed by atoms with Gasteiger partial charge in [-0.1, -0.05) is 12.1 Å². The third-order valence-corrected chi connectivity index (χ3v) is 7.14. The predicted molar refractivity (Wildman–Crippen MR) is 137 cm³/mol. The first-order valence-electron chi connectivity index (χ1n) is 11.4. The van der Waals surface area contributed by atoms with Crippen molar-refractivity contribution >= 4 is 34.0 Å². The van der Waals surface area contributed by atoms with Crippen LogP contribution in [0.15, 0.2) is 42.5 Å². The molecule has 2 aromatic carbocycles. The van der Waals surface area contributed by atoms with Crippen molar-refractivity contribution in [3.8, 4) is 11.8 Å². The van der Waals surface area contributed by atoms with Crippen LogP contribution in [0.5, 0.6) is 5.75 Å². The van der Waals surface area contributed by atoms with Gasteiger partial charge in [-0.25, -0.2) is 8.42 Å². The van der Waals surface area contributed by atoms with Crippen molar-refractivity contribution in [2.24, 2.45) is 0 Å². The molecule has 0 radical (unpaired) electrons. The number of ether oxygens (including phenoxy) is 1. The smallest absolute Gasteiger partial charge is 0.229 e. The molecule has 0 saturated carbocycles. The van der Waals surface area contributed by atoms with Gasteiger partial charge in [-0.3, -0.25) is 9.52 Å². The summed E-state index contributed by atoms with van der Waals surface area (Å²) in [5.41, 5.74) is 2.76. The number of carbonyl (C=O) groups excluding carboxylic acids is 1. The fourth-order valence-electron chi connectivity index (χ4n) is 4.85. The highest BCUT2D eigenvalue weighted by atomic mass is 35.5. The van der Waals surface area contributed by atoms with E-state index >= 15 is 0 Å². The van der Waals surface area contributed by atoms with Gasteiger partial charge in [0.2, 0.25) is 15.9 Å². The van der Waals surface area contributed by atoms with Gasteiger partial charge in [0.15, 0.2) is 0 Å². The van der Waals surface area contributed by atoms with Crippen LogP contribution < -0.4 is 14.8 Å². The van der Waals surface area contributed by atoms with Crippen LogP contribution in [-0.2, 0) is 21.2 Å². The minimum absolute atomic E-state index is 0. The van der Waals surface area contributed by atoms with Crippen LogP contribution in [0.4, 0.5) is 5.69 Å². The highest BCUT2D eigenvalue weighted by Crippen LogP contribution is 2.45. The molecule has 4 rings (SSSR count). The summed E-state index contributed by atoms with van der Waals surface area (Å²) in [6, 6.07) is 14.9. The Labute approximate surface area is 213 Å². The molecule has 1 atom stereocenters. The van der Waals surface area contributed by atoms with Crippen LogP contribution in [0.25, 0.3) is 0 Å². The molecule has 2 aliphatic heterocycles. The third-order valence-electron chi connectivity index (χ3n) is 6.54. The maximum atomic E-state index is 11.9. The maximum Gasteiger partial charge on any atom is 0.229 e. The van der Waals surface area contributed by atoms with Crippen molar-refractivity contribution in [1.29, 1.82) is 5.26 Å². The van der Waals surface area contributed by atoms with Gasteiger partial charge >= 0.3 is 0 Å². The van der Waals surface area contributed by atoms with E-state index in [0.717, 1.165) is 50.7 Å². The summed E-state index contributed by atoms with van der Waals surface area (Å²) in [5, 5.41) is 12.0. The van der Waals surface area contributed by atoms with E-state index in [9.17, 15) is 13.2 Å². The Hall–Kier alpha value is -2.80. The Morgan fingerprint density at radius 2 is 1.89 bits per heavy atom. The summed E-state index contributed by atoms with van der Waals surface area (Å²) in [4.78, 5) is 14.4. The standard InChI is InChI=1S/C25H30N4O4S.ClH/c1-18(30)27-23-16-25(33-24-8-7-21(15-22(23)24)28-34(2,31)32)10-13-29(14-11-25)12-9-19-3-5-20(17-26)6-4-19;/h3-8,15,23,28H,9-14,16H2,1-2H3,(H,27,30);1H. The minimum Gasteiger partial charge on any atom is -0.487 e. The summed E-state index contributed by atoms with van der Waals surface area (Å²) in [6.45, 7) is 4.22. The molecule has 0 aliphatic carbocycles. The summed E-state index contributed by atoms with van der Waals surface area (Å²) in [5.74, 6) is 0.560. The van der Waals surface area contributed by atoms with Crippen molar-refractivity contribution < 1.29 is 17.9 Å². The molecule has 1 fully saturated rings. The molecule has 1 unspecified atom stereocenters. The molecule has 0 aromatic heterocycles. The number of fused-ring (bicyclic) bond motifs is 1. The van der Waals surface area contributed by atoms with Crippen molar-refractivity contribution in [2.75, 3.05) is 30.6 Å². The Balaban J connectivity index is 0.00000342. The first-order valence-corrected chi connectivity index (χ1v) is 13.3. The molecule has 1 amide bonds. The van der Waals surface area contributed by atoms with Crippen LogP contribution >= 0.6 is 12.4 Å². The SMILES string of the molecule is CC(=O)NC1CC2(CCN(CCc3ccc(C#N)cc3)CC2)Oc2ccc(NS(C)(=O)=O)cc21.Cl. The molecule has 10 heteroatoms. The molecular formula is C25H31ClN4O4S. The number of anilines is 1. The van der Waals surface area contributed by atoms with E-state index in [4.69, 9.17) is 10.00 Å². The minimum atomic E-state index is -3.40. The molecule has 35 heavy (non-hydrogen) atoms. The number of benzene rings is 2. The average molecular weight is 519 g/mol. The first-order chi connectivity index (χ1) is 16.1. The lowest BCUT2D eigenvalue weighted by molar-refractivity contribution is -0.120. The van der Waals surface area contributed by atoms with E-state index < -0.39 is 10.0 Å². The second-order valence-electron chi connectivity index (χ2n) is 9.27. The number of piperidine rings is 1. The number of hydrogen-bond acceptors (Lipinski definition) is 6. The van der Waals surface area contributed by atoms with E-state index in [2.05, 4.69) is 21.0 Å². The number of likely N-dealkylation sites (tertiary alicyclic amines) is 1. The number of halogens is 1. The molecule has 1 spiro atoms. The third kappa shape index (κ3) is 6.88. The summed E-state index contributed by atoms with van der Waals surface area (Å²) < 4.78 is 32.3. The molecule has 8 nitrogen and oxygen atoms in total.